The number of rotatable bonds is 9. The third-order valence-corrected chi connectivity index (χ3v) is 5.26. The first-order valence-corrected chi connectivity index (χ1v) is 10.5. The second-order valence-corrected chi connectivity index (χ2v) is 7.40. The number of benzene rings is 2. The Morgan fingerprint density at radius 1 is 1.06 bits per heavy atom. The van der Waals surface area contributed by atoms with Crippen molar-refractivity contribution in [1.82, 2.24) is 4.90 Å². The van der Waals surface area contributed by atoms with Gasteiger partial charge in [-0.15, -0.1) is 0 Å². The van der Waals surface area contributed by atoms with Gasteiger partial charge in [-0.3, -0.25) is 14.5 Å². The van der Waals surface area contributed by atoms with Gasteiger partial charge in [0.15, 0.2) is 0 Å². The van der Waals surface area contributed by atoms with Gasteiger partial charge in [0.2, 0.25) is 11.8 Å². The molecule has 166 valence electrons. The van der Waals surface area contributed by atoms with E-state index in [1.807, 2.05) is 31.2 Å². The minimum absolute atomic E-state index is 0.0467. The molecule has 0 saturated carbocycles. The smallest absolute Gasteiger partial charge is 0.241 e. The minimum atomic E-state index is -0.485. The molecule has 2 amide bonds. The van der Waals surface area contributed by atoms with Crippen molar-refractivity contribution < 1.29 is 18.7 Å². The number of primary amides is 1. The van der Waals surface area contributed by atoms with Crippen LogP contribution < -0.4 is 20.3 Å². The first kappa shape index (κ1) is 22.6. The Morgan fingerprint density at radius 2 is 1.74 bits per heavy atom. The third-order valence-electron chi connectivity index (χ3n) is 5.26. The SMILES string of the molecule is CCOc1ccccc1N1CCN(CC(=O)N(CCC(N)=O)c2ccc(F)cc2)CC1. The quantitative estimate of drug-likeness (QED) is 0.663. The number of carbonyl (C=O) groups excluding carboxylic acids is 2. The molecule has 0 aromatic heterocycles. The van der Waals surface area contributed by atoms with Crippen molar-refractivity contribution >= 4 is 23.2 Å². The van der Waals surface area contributed by atoms with Crippen LogP contribution in [0.2, 0.25) is 0 Å². The summed E-state index contributed by atoms with van der Waals surface area (Å²) < 4.78 is 19.0. The van der Waals surface area contributed by atoms with Gasteiger partial charge in [-0.05, 0) is 43.3 Å². The van der Waals surface area contributed by atoms with Crippen molar-refractivity contribution in [3.05, 3.63) is 54.3 Å². The van der Waals surface area contributed by atoms with E-state index in [0.717, 1.165) is 37.6 Å². The van der Waals surface area contributed by atoms with Gasteiger partial charge >= 0.3 is 0 Å². The van der Waals surface area contributed by atoms with Gasteiger partial charge < -0.3 is 20.3 Å². The van der Waals surface area contributed by atoms with Gasteiger partial charge in [0.1, 0.15) is 11.6 Å². The van der Waals surface area contributed by atoms with E-state index in [4.69, 9.17) is 10.5 Å². The molecule has 0 aliphatic carbocycles. The van der Waals surface area contributed by atoms with E-state index >= 15 is 0 Å². The molecule has 3 rings (SSSR count). The Morgan fingerprint density at radius 3 is 2.39 bits per heavy atom. The van der Waals surface area contributed by atoms with E-state index in [1.165, 1.54) is 29.2 Å². The number of halogens is 1. The largest absolute Gasteiger partial charge is 0.492 e. The average molecular weight is 429 g/mol. The van der Waals surface area contributed by atoms with Crippen LogP contribution in [0.3, 0.4) is 0 Å². The fourth-order valence-electron chi connectivity index (χ4n) is 3.66. The fourth-order valence-corrected chi connectivity index (χ4v) is 3.66. The highest BCUT2D eigenvalue weighted by molar-refractivity contribution is 5.95. The number of para-hydroxylation sites is 2. The normalized spacial score (nSPS) is 14.3. The summed E-state index contributed by atoms with van der Waals surface area (Å²) in [6.45, 7) is 5.95. The van der Waals surface area contributed by atoms with E-state index < -0.39 is 5.91 Å². The Hall–Kier alpha value is -3.13. The Balaban J connectivity index is 1.61. The molecule has 1 aliphatic rings. The molecule has 1 heterocycles. The number of nitrogens with two attached hydrogens (primary N) is 1. The number of hydrogen-bond donors (Lipinski definition) is 1. The predicted molar refractivity (Wildman–Crippen MR) is 119 cm³/mol. The second kappa shape index (κ2) is 10.8. The first-order chi connectivity index (χ1) is 15.0. The van der Waals surface area contributed by atoms with Crippen LogP contribution in [0.25, 0.3) is 0 Å². The van der Waals surface area contributed by atoms with Crippen molar-refractivity contribution in [2.45, 2.75) is 13.3 Å². The Labute approximate surface area is 182 Å². The fraction of sp³-hybridized carbons (Fsp3) is 0.391. The Bertz CT molecular complexity index is 883. The molecule has 2 aromatic rings. The number of ether oxygens (including phenoxy) is 1. The number of amides is 2. The maximum atomic E-state index is 13.3. The molecule has 2 aromatic carbocycles. The first-order valence-electron chi connectivity index (χ1n) is 10.5. The van der Waals surface area contributed by atoms with Crippen molar-refractivity contribution in [2.75, 3.05) is 55.7 Å². The molecular weight excluding hydrogens is 399 g/mol. The number of carbonyl (C=O) groups is 2. The average Bonchev–Trinajstić information content (AvgIpc) is 2.76. The van der Waals surface area contributed by atoms with Crippen molar-refractivity contribution in [1.29, 1.82) is 0 Å². The van der Waals surface area contributed by atoms with E-state index in [2.05, 4.69) is 9.80 Å². The van der Waals surface area contributed by atoms with Crippen LogP contribution in [-0.2, 0) is 9.59 Å². The molecule has 0 spiro atoms. The van der Waals surface area contributed by atoms with Gasteiger partial charge in [-0.2, -0.15) is 0 Å². The van der Waals surface area contributed by atoms with E-state index in [-0.39, 0.29) is 31.2 Å². The molecule has 8 heteroatoms. The van der Waals surface area contributed by atoms with E-state index in [9.17, 15) is 14.0 Å². The maximum absolute atomic E-state index is 13.3. The summed E-state index contributed by atoms with van der Waals surface area (Å²) in [6.07, 6.45) is 0.0467. The van der Waals surface area contributed by atoms with Crippen LogP contribution in [0.5, 0.6) is 5.75 Å². The molecule has 0 atom stereocenters. The summed E-state index contributed by atoms with van der Waals surface area (Å²) >= 11 is 0. The second-order valence-electron chi connectivity index (χ2n) is 7.40. The zero-order valence-corrected chi connectivity index (χ0v) is 17.8. The van der Waals surface area contributed by atoms with Gasteiger partial charge in [-0.25, -0.2) is 4.39 Å². The Kier molecular flexibility index (Phi) is 7.83. The monoisotopic (exact) mass is 428 g/mol. The summed E-state index contributed by atoms with van der Waals surface area (Å²) in [5, 5.41) is 0. The zero-order chi connectivity index (χ0) is 22.2. The predicted octanol–water partition coefficient (Wildman–Crippen LogP) is 2.25. The standard InChI is InChI=1S/C23H29FN4O3/c1-2-31-21-6-4-3-5-20(21)27-15-13-26(14-16-27)17-23(30)28(12-11-22(25)29)19-9-7-18(24)8-10-19/h3-10H,2,11-17H2,1H3,(H2,25,29). The van der Waals surface area contributed by atoms with Crippen LogP contribution in [0, 0.1) is 5.82 Å². The summed E-state index contributed by atoms with van der Waals surface area (Å²) in [6, 6.07) is 13.6. The highest BCUT2D eigenvalue weighted by Gasteiger charge is 2.24. The highest BCUT2D eigenvalue weighted by Crippen LogP contribution is 2.28. The van der Waals surface area contributed by atoms with Crippen LogP contribution in [0.4, 0.5) is 15.8 Å². The van der Waals surface area contributed by atoms with Crippen LogP contribution in [0.15, 0.2) is 48.5 Å². The molecule has 7 nitrogen and oxygen atoms in total. The van der Waals surface area contributed by atoms with Gasteiger partial charge in [0.25, 0.3) is 0 Å². The minimum Gasteiger partial charge on any atom is -0.492 e. The summed E-state index contributed by atoms with van der Waals surface area (Å²) in [4.78, 5) is 30.1. The molecule has 1 aliphatic heterocycles. The molecule has 1 fully saturated rings. The maximum Gasteiger partial charge on any atom is 0.241 e. The summed E-state index contributed by atoms with van der Waals surface area (Å²) in [5.41, 5.74) is 6.88. The van der Waals surface area contributed by atoms with Crippen LogP contribution in [-0.4, -0.2) is 62.6 Å². The number of piperazine rings is 1. The lowest BCUT2D eigenvalue weighted by atomic mass is 10.2. The number of nitrogens with zero attached hydrogens (tertiary/aromatic N) is 3. The number of anilines is 2. The lowest BCUT2D eigenvalue weighted by Gasteiger charge is -2.37. The third kappa shape index (κ3) is 6.18. The molecular formula is C23H29FN4O3. The van der Waals surface area contributed by atoms with Crippen molar-refractivity contribution in [3.63, 3.8) is 0 Å². The molecule has 0 unspecified atom stereocenters. The number of hydrogen-bond acceptors (Lipinski definition) is 5. The topological polar surface area (TPSA) is 79.1 Å². The van der Waals surface area contributed by atoms with Crippen molar-refractivity contribution in [3.8, 4) is 5.75 Å². The summed E-state index contributed by atoms with van der Waals surface area (Å²) in [7, 11) is 0. The lowest BCUT2D eigenvalue weighted by Crippen LogP contribution is -2.50. The van der Waals surface area contributed by atoms with Crippen LogP contribution >= 0.6 is 0 Å². The highest BCUT2D eigenvalue weighted by atomic mass is 19.1. The van der Waals surface area contributed by atoms with Gasteiger partial charge in [0.05, 0.1) is 18.8 Å². The van der Waals surface area contributed by atoms with E-state index in [1.54, 1.807) is 0 Å². The molecule has 31 heavy (non-hydrogen) atoms. The summed E-state index contributed by atoms with van der Waals surface area (Å²) in [5.74, 6) is -0.143. The van der Waals surface area contributed by atoms with Crippen molar-refractivity contribution in [2.24, 2.45) is 5.73 Å². The van der Waals surface area contributed by atoms with Crippen LogP contribution in [0.1, 0.15) is 13.3 Å². The zero-order valence-electron chi connectivity index (χ0n) is 17.8. The molecule has 2 N–H and O–H groups in total. The molecule has 0 bridgehead atoms. The van der Waals surface area contributed by atoms with E-state index in [0.29, 0.717) is 12.3 Å². The van der Waals surface area contributed by atoms with Gasteiger partial charge in [0, 0.05) is 44.8 Å². The molecule has 1 saturated heterocycles. The molecule has 0 radical (unpaired) electrons. The van der Waals surface area contributed by atoms with Gasteiger partial charge in [-0.1, -0.05) is 12.1 Å². The lowest BCUT2D eigenvalue weighted by molar-refractivity contribution is -0.120.